The van der Waals surface area contributed by atoms with Gasteiger partial charge in [-0.15, -0.1) is 11.8 Å². The minimum Gasteiger partial charge on any atom is -0.475 e. The number of carboxylic acids is 1. The summed E-state index contributed by atoms with van der Waals surface area (Å²) in [4.78, 5) is 11.7. The third-order valence-electron chi connectivity index (χ3n) is 2.53. The van der Waals surface area contributed by atoms with Crippen molar-refractivity contribution in [3.8, 4) is 0 Å². The molecule has 3 nitrogen and oxygen atoms in total. The standard InChI is InChI=1S/C13H10Cl2O3S/c1-7-8(5-10(18-7)13(16)17)6-19-11-4-2-3-9(14)12(11)15/h2-5H,6H2,1H3,(H,16,17). The molecule has 1 heterocycles. The van der Waals surface area contributed by atoms with Crippen LogP contribution in [0.25, 0.3) is 0 Å². The molecule has 0 radical (unpaired) electrons. The van der Waals surface area contributed by atoms with Crippen LogP contribution in [0.3, 0.4) is 0 Å². The summed E-state index contributed by atoms with van der Waals surface area (Å²) in [6.07, 6.45) is 0. The quantitative estimate of drug-likeness (QED) is 0.816. The Hall–Kier alpha value is -1.10. The molecule has 0 bridgehead atoms. The summed E-state index contributed by atoms with van der Waals surface area (Å²) >= 11 is 13.5. The van der Waals surface area contributed by atoms with E-state index >= 15 is 0 Å². The van der Waals surface area contributed by atoms with Crippen LogP contribution in [0.1, 0.15) is 21.9 Å². The highest BCUT2D eigenvalue weighted by molar-refractivity contribution is 7.98. The highest BCUT2D eigenvalue weighted by Gasteiger charge is 2.14. The lowest BCUT2D eigenvalue weighted by molar-refractivity contribution is 0.0661. The van der Waals surface area contributed by atoms with Crippen molar-refractivity contribution >= 4 is 40.9 Å². The predicted molar refractivity (Wildman–Crippen MR) is 76.4 cm³/mol. The number of hydrogen-bond acceptors (Lipinski definition) is 3. The van der Waals surface area contributed by atoms with Crippen molar-refractivity contribution in [1.82, 2.24) is 0 Å². The number of halogens is 2. The van der Waals surface area contributed by atoms with Crippen LogP contribution in [0.4, 0.5) is 0 Å². The maximum atomic E-state index is 10.8. The fourth-order valence-electron chi connectivity index (χ4n) is 1.52. The Balaban J connectivity index is 2.14. The van der Waals surface area contributed by atoms with Gasteiger partial charge in [0.2, 0.25) is 5.76 Å². The van der Waals surface area contributed by atoms with Crippen molar-refractivity contribution in [2.24, 2.45) is 0 Å². The van der Waals surface area contributed by atoms with Gasteiger partial charge in [0.25, 0.3) is 0 Å². The van der Waals surface area contributed by atoms with Gasteiger partial charge in [0, 0.05) is 16.2 Å². The summed E-state index contributed by atoms with van der Waals surface area (Å²) in [6, 6.07) is 6.94. The van der Waals surface area contributed by atoms with E-state index in [1.807, 2.05) is 12.1 Å². The average molecular weight is 317 g/mol. The Morgan fingerprint density at radius 2 is 2.16 bits per heavy atom. The van der Waals surface area contributed by atoms with Crippen LogP contribution < -0.4 is 0 Å². The molecule has 0 aliphatic rings. The van der Waals surface area contributed by atoms with Gasteiger partial charge < -0.3 is 9.52 Å². The first-order valence-electron chi connectivity index (χ1n) is 5.38. The molecule has 2 rings (SSSR count). The maximum absolute atomic E-state index is 10.8. The van der Waals surface area contributed by atoms with Gasteiger partial charge in [-0.05, 0) is 25.1 Å². The van der Waals surface area contributed by atoms with E-state index in [9.17, 15) is 4.79 Å². The van der Waals surface area contributed by atoms with E-state index in [0.29, 0.717) is 21.6 Å². The van der Waals surface area contributed by atoms with E-state index in [1.54, 1.807) is 13.0 Å². The van der Waals surface area contributed by atoms with Crippen molar-refractivity contribution < 1.29 is 14.3 Å². The molecule has 0 fully saturated rings. The lowest BCUT2D eigenvalue weighted by Gasteiger charge is -2.04. The molecular weight excluding hydrogens is 307 g/mol. The third-order valence-corrected chi connectivity index (χ3v) is 4.57. The molecule has 0 atom stereocenters. The molecule has 0 saturated carbocycles. The van der Waals surface area contributed by atoms with Crippen LogP contribution in [0, 0.1) is 6.92 Å². The molecule has 1 N–H and O–H groups in total. The number of thioether (sulfide) groups is 1. The van der Waals surface area contributed by atoms with E-state index < -0.39 is 5.97 Å². The van der Waals surface area contributed by atoms with Gasteiger partial charge in [-0.1, -0.05) is 29.3 Å². The number of carbonyl (C=O) groups is 1. The zero-order chi connectivity index (χ0) is 14.0. The molecule has 1 aromatic heterocycles. The Labute approximate surface area is 124 Å². The van der Waals surface area contributed by atoms with Gasteiger partial charge >= 0.3 is 5.97 Å². The van der Waals surface area contributed by atoms with E-state index in [4.69, 9.17) is 32.7 Å². The maximum Gasteiger partial charge on any atom is 0.371 e. The van der Waals surface area contributed by atoms with Gasteiger partial charge in [-0.25, -0.2) is 4.79 Å². The Morgan fingerprint density at radius 1 is 1.42 bits per heavy atom. The molecule has 0 amide bonds. The second-order valence-corrected chi connectivity index (χ2v) is 5.64. The summed E-state index contributed by atoms with van der Waals surface area (Å²) in [5.74, 6) is 0.0522. The molecule has 19 heavy (non-hydrogen) atoms. The van der Waals surface area contributed by atoms with Gasteiger partial charge in [0.15, 0.2) is 0 Å². The minimum absolute atomic E-state index is 0.0507. The zero-order valence-electron chi connectivity index (χ0n) is 9.94. The highest BCUT2D eigenvalue weighted by Crippen LogP contribution is 2.35. The van der Waals surface area contributed by atoms with E-state index in [-0.39, 0.29) is 5.76 Å². The van der Waals surface area contributed by atoms with Crippen molar-refractivity contribution in [2.75, 3.05) is 0 Å². The largest absolute Gasteiger partial charge is 0.475 e. The molecule has 100 valence electrons. The zero-order valence-corrected chi connectivity index (χ0v) is 12.3. The van der Waals surface area contributed by atoms with Crippen LogP contribution in [0.2, 0.25) is 10.0 Å². The lowest BCUT2D eigenvalue weighted by atomic mass is 10.3. The van der Waals surface area contributed by atoms with E-state index in [1.165, 1.54) is 17.8 Å². The van der Waals surface area contributed by atoms with Crippen LogP contribution >= 0.6 is 35.0 Å². The number of carboxylic acid groups (broad SMARTS) is 1. The molecular formula is C13H10Cl2O3S. The highest BCUT2D eigenvalue weighted by atomic mass is 35.5. The van der Waals surface area contributed by atoms with Crippen molar-refractivity contribution in [1.29, 1.82) is 0 Å². The van der Waals surface area contributed by atoms with E-state index in [2.05, 4.69) is 0 Å². The third kappa shape index (κ3) is 3.26. The summed E-state index contributed by atoms with van der Waals surface area (Å²) < 4.78 is 5.15. The monoisotopic (exact) mass is 316 g/mol. The SMILES string of the molecule is Cc1oc(C(=O)O)cc1CSc1cccc(Cl)c1Cl. The molecule has 0 aliphatic heterocycles. The molecule has 0 spiro atoms. The Kier molecular flexibility index (Phi) is 4.45. The number of benzene rings is 1. The second-order valence-electron chi connectivity index (χ2n) is 3.84. The fourth-order valence-corrected chi connectivity index (χ4v) is 3.05. The van der Waals surface area contributed by atoms with Gasteiger partial charge in [0.1, 0.15) is 5.76 Å². The van der Waals surface area contributed by atoms with Gasteiger partial charge in [-0.3, -0.25) is 0 Å². The number of rotatable bonds is 4. The summed E-state index contributed by atoms with van der Waals surface area (Å²) in [5.41, 5.74) is 0.832. The first-order chi connectivity index (χ1) is 8.99. The van der Waals surface area contributed by atoms with E-state index in [0.717, 1.165) is 10.5 Å². The average Bonchev–Trinajstić information content (AvgIpc) is 2.73. The minimum atomic E-state index is -1.07. The molecule has 6 heteroatoms. The smallest absolute Gasteiger partial charge is 0.371 e. The Morgan fingerprint density at radius 3 is 2.79 bits per heavy atom. The summed E-state index contributed by atoms with van der Waals surface area (Å²) in [7, 11) is 0. The Bertz CT molecular complexity index is 622. The van der Waals surface area contributed by atoms with Crippen LogP contribution in [-0.4, -0.2) is 11.1 Å². The fraction of sp³-hybridized carbons (Fsp3) is 0.154. The van der Waals surface area contributed by atoms with Crippen LogP contribution in [0.15, 0.2) is 33.6 Å². The van der Waals surface area contributed by atoms with Gasteiger partial charge in [0.05, 0.1) is 10.0 Å². The molecule has 1 aromatic carbocycles. The van der Waals surface area contributed by atoms with Crippen molar-refractivity contribution in [2.45, 2.75) is 17.6 Å². The van der Waals surface area contributed by atoms with Crippen LogP contribution in [-0.2, 0) is 5.75 Å². The summed E-state index contributed by atoms with van der Waals surface area (Å²) in [5, 5.41) is 9.86. The van der Waals surface area contributed by atoms with Crippen molar-refractivity contribution in [3.05, 3.63) is 51.4 Å². The van der Waals surface area contributed by atoms with Gasteiger partial charge in [-0.2, -0.15) is 0 Å². The molecule has 0 unspecified atom stereocenters. The predicted octanol–water partition coefficient (Wildman–Crippen LogP) is 4.89. The lowest BCUT2D eigenvalue weighted by Crippen LogP contribution is -1.91. The number of furan rings is 1. The second kappa shape index (κ2) is 5.90. The molecule has 0 saturated heterocycles. The number of hydrogen-bond donors (Lipinski definition) is 1. The number of aromatic carboxylic acids is 1. The normalized spacial score (nSPS) is 10.7. The first kappa shape index (κ1) is 14.3. The first-order valence-corrected chi connectivity index (χ1v) is 7.12. The van der Waals surface area contributed by atoms with Crippen LogP contribution in [0.5, 0.6) is 0 Å². The number of aryl methyl sites for hydroxylation is 1. The summed E-state index contributed by atoms with van der Waals surface area (Å²) in [6.45, 7) is 1.74. The molecule has 2 aromatic rings. The molecule has 0 aliphatic carbocycles. The topological polar surface area (TPSA) is 50.4 Å². The van der Waals surface area contributed by atoms with Crippen molar-refractivity contribution in [3.63, 3.8) is 0 Å².